The first-order valence-corrected chi connectivity index (χ1v) is 6.66. The summed E-state index contributed by atoms with van der Waals surface area (Å²) in [4.78, 5) is 16.4. The second kappa shape index (κ2) is 5.99. The van der Waals surface area contributed by atoms with Crippen LogP contribution in [0.1, 0.15) is 39.0 Å². The molecule has 2 aliphatic rings. The Kier molecular flexibility index (Phi) is 4.35. The van der Waals surface area contributed by atoms with E-state index in [2.05, 4.69) is 24.1 Å². The smallest absolute Gasteiger partial charge is 0.310 e. The molecule has 0 amide bonds. The largest absolute Gasteiger partial charge is 0.465 e. The van der Waals surface area contributed by atoms with E-state index in [-0.39, 0.29) is 11.9 Å². The zero-order chi connectivity index (χ0) is 12.1. The van der Waals surface area contributed by atoms with Crippen LogP contribution in [0.15, 0.2) is 17.1 Å². The summed E-state index contributed by atoms with van der Waals surface area (Å²) < 4.78 is 5.28. The quantitative estimate of drug-likeness (QED) is 0.427. The van der Waals surface area contributed by atoms with Crippen LogP contribution in [0.2, 0.25) is 0 Å². The van der Waals surface area contributed by atoms with Crippen LogP contribution in [-0.4, -0.2) is 24.8 Å². The monoisotopic (exact) mass is 235 g/mol. The first-order valence-electron chi connectivity index (χ1n) is 6.66. The Morgan fingerprint density at radius 3 is 3.24 bits per heavy atom. The summed E-state index contributed by atoms with van der Waals surface area (Å²) in [6, 6.07) is 0. The molecule has 17 heavy (non-hydrogen) atoms. The highest BCUT2D eigenvalue weighted by Gasteiger charge is 2.30. The number of allylic oxidation sites excluding steroid dienone is 2. The third-order valence-corrected chi connectivity index (χ3v) is 3.54. The van der Waals surface area contributed by atoms with E-state index in [0.717, 1.165) is 32.1 Å². The van der Waals surface area contributed by atoms with Gasteiger partial charge < -0.3 is 4.74 Å². The summed E-state index contributed by atoms with van der Waals surface area (Å²) in [5, 5.41) is 0. The van der Waals surface area contributed by atoms with Gasteiger partial charge in [-0.25, -0.2) is 0 Å². The number of aliphatic imine (C=N–C) groups is 1. The predicted molar refractivity (Wildman–Crippen MR) is 68.1 cm³/mol. The van der Waals surface area contributed by atoms with Gasteiger partial charge in [0, 0.05) is 18.1 Å². The molecule has 94 valence electrons. The van der Waals surface area contributed by atoms with Crippen LogP contribution in [0.25, 0.3) is 0 Å². The molecule has 0 spiro atoms. The molecule has 2 atom stereocenters. The highest BCUT2D eigenvalue weighted by molar-refractivity contribution is 5.90. The lowest BCUT2D eigenvalue weighted by atomic mass is 9.82. The van der Waals surface area contributed by atoms with Crippen LogP contribution in [0, 0.1) is 11.8 Å². The van der Waals surface area contributed by atoms with Gasteiger partial charge in [0.2, 0.25) is 0 Å². The summed E-state index contributed by atoms with van der Waals surface area (Å²) in [5.41, 5.74) is 1.28. The molecular formula is C14H21NO2. The lowest BCUT2D eigenvalue weighted by Gasteiger charge is -2.28. The summed E-state index contributed by atoms with van der Waals surface area (Å²) in [7, 11) is 0. The number of hydrogen-bond donors (Lipinski definition) is 0. The van der Waals surface area contributed by atoms with E-state index >= 15 is 0 Å². The van der Waals surface area contributed by atoms with Crippen molar-refractivity contribution in [1.82, 2.24) is 0 Å². The third kappa shape index (κ3) is 3.18. The molecule has 3 heteroatoms. The maximum atomic E-state index is 11.8. The average Bonchev–Trinajstić information content (AvgIpc) is 2.38. The van der Waals surface area contributed by atoms with Crippen LogP contribution in [0.4, 0.5) is 0 Å². The number of nitrogens with zero attached hydrogens (tertiary/aromatic N) is 1. The first kappa shape index (κ1) is 12.3. The zero-order valence-corrected chi connectivity index (χ0v) is 10.5. The summed E-state index contributed by atoms with van der Waals surface area (Å²) >= 11 is 0. The first-order chi connectivity index (χ1) is 8.31. The fourth-order valence-electron chi connectivity index (χ4n) is 2.44. The molecule has 0 aromatic carbocycles. The van der Waals surface area contributed by atoms with Crippen molar-refractivity contribution in [3.63, 3.8) is 0 Å². The van der Waals surface area contributed by atoms with Crippen molar-refractivity contribution in [3.8, 4) is 0 Å². The summed E-state index contributed by atoms with van der Waals surface area (Å²) in [6.07, 6.45) is 9.34. The number of unbranched alkanes of at least 4 members (excludes halogenated alkanes) is 1. The number of carbonyl (C=O) groups excluding carboxylic acids is 1. The van der Waals surface area contributed by atoms with E-state index in [0.29, 0.717) is 19.1 Å². The second-order valence-corrected chi connectivity index (χ2v) is 4.89. The Hall–Kier alpha value is -1.12. The Labute approximate surface area is 103 Å². The molecule has 0 bridgehead atoms. The van der Waals surface area contributed by atoms with Gasteiger partial charge in [-0.2, -0.15) is 0 Å². The fraction of sp³-hybridized carbons (Fsp3) is 0.714. The highest BCUT2D eigenvalue weighted by Crippen LogP contribution is 2.28. The topological polar surface area (TPSA) is 38.7 Å². The van der Waals surface area contributed by atoms with Gasteiger partial charge in [-0.05, 0) is 19.3 Å². The lowest BCUT2D eigenvalue weighted by Crippen LogP contribution is -2.32. The molecule has 0 fully saturated rings. The Morgan fingerprint density at radius 1 is 1.53 bits per heavy atom. The second-order valence-electron chi connectivity index (χ2n) is 4.89. The van der Waals surface area contributed by atoms with Gasteiger partial charge in [0.05, 0.1) is 19.1 Å². The molecule has 0 saturated carbocycles. The highest BCUT2D eigenvalue weighted by atomic mass is 16.5. The molecule has 0 saturated heterocycles. The SMILES string of the molecule is CCCCOC(=O)C1CN=C2CC=CCC2C1. The molecule has 0 radical (unpaired) electrons. The van der Waals surface area contributed by atoms with E-state index in [9.17, 15) is 4.79 Å². The van der Waals surface area contributed by atoms with Crippen molar-refractivity contribution >= 4 is 11.7 Å². The van der Waals surface area contributed by atoms with Gasteiger partial charge >= 0.3 is 5.97 Å². The number of hydrogen-bond acceptors (Lipinski definition) is 3. The molecule has 2 unspecified atom stereocenters. The van der Waals surface area contributed by atoms with Crippen molar-refractivity contribution in [2.45, 2.75) is 39.0 Å². The van der Waals surface area contributed by atoms with Crippen molar-refractivity contribution in [2.75, 3.05) is 13.2 Å². The molecule has 2 rings (SSSR count). The van der Waals surface area contributed by atoms with Crippen LogP contribution < -0.4 is 0 Å². The van der Waals surface area contributed by atoms with Gasteiger partial charge in [-0.15, -0.1) is 0 Å². The molecule has 0 N–H and O–H groups in total. The Balaban J connectivity index is 1.84. The summed E-state index contributed by atoms with van der Waals surface area (Å²) in [5.74, 6) is 0.431. The Bertz CT molecular complexity index is 333. The van der Waals surface area contributed by atoms with Crippen LogP contribution >= 0.6 is 0 Å². The number of esters is 1. The number of ether oxygens (including phenoxy) is 1. The predicted octanol–water partition coefficient (Wildman–Crippen LogP) is 2.76. The summed E-state index contributed by atoms with van der Waals surface area (Å²) in [6.45, 7) is 3.29. The van der Waals surface area contributed by atoms with Crippen LogP contribution in [0.3, 0.4) is 0 Å². The van der Waals surface area contributed by atoms with E-state index in [1.54, 1.807) is 0 Å². The van der Waals surface area contributed by atoms with Crippen molar-refractivity contribution < 1.29 is 9.53 Å². The van der Waals surface area contributed by atoms with Crippen LogP contribution in [-0.2, 0) is 9.53 Å². The fourth-order valence-corrected chi connectivity index (χ4v) is 2.44. The lowest BCUT2D eigenvalue weighted by molar-refractivity contribution is -0.148. The van der Waals surface area contributed by atoms with Gasteiger partial charge in [-0.3, -0.25) is 9.79 Å². The van der Waals surface area contributed by atoms with Crippen LogP contribution in [0.5, 0.6) is 0 Å². The van der Waals surface area contributed by atoms with E-state index in [1.165, 1.54) is 5.71 Å². The minimum atomic E-state index is -0.0456. The maximum Gasteiger partial charge on any atom is 0.310 e. The van der Waals surface area contributed by atoms with Crippen molar-refractivity contribution in [2.24, 2.45) is 16.8 Å². The Morgan fingerprint density at radius 2 is 2.41 bits per heavy atom. The average molecular weight is 235 g/mol. The van der Waals surface area contributed by atoms with Crippen molar-refractivity contribution in [3.05, 3.63) is 12.2 Å². The van der Waals surface area contributed by atoms with E-state index < -0.39 is 0 Å². The van der Waals surface area contributed by atoms with Crippen molar-refractivity contribution in [1.29, 1.82) is 0 Å². The van der Waals surface area contributed by atoms with Gasteiger partial charge in [0.25, 0.3) is 0 Å². The minimum Gasteiger partial charge on any atom is -0.465 e. The van der Waals surface area contributed by atoms with E-state index in [4.69, 9.17) is 4.74 Å². The molecular weight excluding hydrogens is 214 g/mol. The zero-order valence-electron chi connectivity index (χ0n) is 10.5. The van der Waals surface area contributed by atoms with Gasteiger partial charge in [-0.1, -0.05) is 25.5 Å². The van der Waals surface area contributed by atoms with Gasteiger partial charge in [0.1, 0.15) is 0 Å². The number of fused-ring (bicyclic) bond motifs is 1. The standard InChI is InChI=1S/C14H21NO2/c1-2-3-8-17-14(16)12-9-11-6-4-5-7-13(11)15-10-12/h4-5,11-12H,2-3,6-10H2,1H3. The normalized spacial score (nSPS) is 27.2. The molecule has 0 aromatic rings. The number of rotatable bonds is 4. The molecule has 1 aliphatic heterocycles. The van der Waals surface area contributed by atoms with E-state index in [1.807, 2.05) is 0 Å². The molecule has 0 aromatic heterocycles. The molecule has 3 nitrogen and oxygen atoms in total. The van der Waals surface area contributed by atoms with Gasteiger partial charge in [0.15, 0.2) is 0 Å². The minimum absolute atomic E-state index is 0.00731. The number of carbonyl (C=O) groups is 1. The molecule has 1 aliphatic carbocycles. The third-order valence-electron chi connectivity index (χ3n) is 3.54. The molecule has 1 heterocycles. The maximum absolute atomic E-state index is 11.8.